The van der Waals surface area contributed by atoms with Crippen LogP contribution < -0.4 is 9.47 Å². The third kappa shape index (κ3) is 14.8. The zero-order chi connectivity index (χ0) is 36.6. The third-order valence-corrected chi connectivity index (χ3v) is 6.52. The van der Waals surface area contributed by atoms with Crippen molar-refractivity contribution in [2.45, 2.75) is 0 Å². The van der Waals surface area contributed by atoms with E-state index in [1.165, 1.54) is 0 Å². The first-order valence-electron chi connectivity index (χ1n) is 16.0. The van der Waals surface area contributed by atoms with E-state index in [1.54, 1.807) is 97.1 Å². The van der Waals surface area contributed by atoms with Crippen molar-refractivity contribution >= 4 is 34.7 Å². The van der Waals surface area contributed by atoms with Crippen molar-refractivity contribution in [2.75, 3.05) is 52.9 Å². The predicted molar refractivity (Wildman–Crippen MR) is 187 cm³/mol. The van der Waals surface area contributed by atoms with Gasteiger partial charge in [0.2, 0.25) is 0 Å². The molecule has 4 rings (SSSR count). The van der Waals surface area contributed by atoms with Gasteiger partial charge in [0.05, 0.1) is 72.4 Å². The monoisotopic (exact) mass is 702 g/mol. The van der Waals surface area contributed by atoms with Gasteiger partial charge in [-0.15, -0.1) is 0 Å². The number of rotatable bonds is 20. The molecule has 4 aromatic rings. The predicted octanol–water partition coefficient (Wildman–Crippen LogP) is 7.39. The Morgan fingerprint density at radius 2 is 0.769 bits per heavy atom. The molecule has 0 N–H and O–H groups in total. The van der Waals surface area contributed by atoms with Crippen molar-refractivity contribution in [1.82, 2.24) is 0 Å². The number of esters is 2. The van der Waals surface area contributed by atoms with E-state index in [9.17, 15) is 9.59 Å². The van der Waals surface area contributed by atoms with Gasteiger partial charge in [0.15, 0.2) is 0 Å². The van der Waals surface area contributed by atoms with Crippen LogP contribution in [0.5, 0.6) is 11.5 Å². The molecule has 0 saturated heterocycles. The largest absolute Gasteiger partial charge is 0.491 e. The maximum absolute atomic E-state index is 11.8. The first kappa shape index (κ1) is 38.1. The molecule has 264 valence electrons. The standard InChI is InChI=1S/C38H34N6O8/c39-27-29-1-5-31(6-2-29)41-43-33-9-13-35(14-10-33)49-23-19-47-21-25-51-37(45)17-18-38(46)52-26-22-48-20-24-50-36-15-11-34(12-16-36)44-42-32-7-3-30(28-40)4-8-32/h1-18H,19-26H2/b18-17+,43-41?,44-42?. The van der Waals surface area contributed by atoms with Crippen molar-refractivity contribution in [1.29, 1.82) is 10.5 Å². The number of nitriles is 2. The Bertz CT molecular complexity index is 1740. The lowest BCUT2D eigenvalue weighted by Gasteiger charge is -2.08. The minimum absolute atomic E-state index is 0.00223. The van der Waals surface area contributed by atoms with Crippen molar-refractivity contribution in [3.8, 4) is 23.6 Å². The summed E-state index contributed by atoms with van der Waals surface area (Å²) in [6, 6.07) is 31.8. The lowest BCUT2D eigenvalue weighted by atomic mass is 10.2. The van der Waals surface area contributed by atoms with Gasteiger partial charge in [-0.1, -0.05) is 0 Å². The fourth-order valence-corrected chi connectivity index (χ4v) is 3.93. The van der Waals surface area contributed by atoms with Crippen LogP contribution in [0.1, 0.15) is 11.1 Å². The highest BCUT2D eigenvalue weighted by atomic mass is 16.6. The molecular weight excluding hydrogens is 668 g/mol. The zero-order valence-corrected chi connectivity index (χ0v) is 28.0. The SMILES string of the molecule is N#Cc1ccc(N=Nc2ccc(OCCOCCOC(=O)/C=C/C(=O)OCCOCCOc3ccc(N=Nc4ccc(C#N)cc4)cc3)cc2)cc1. The van der Waals surface area contributed by atoms with E-state index in [4.69, 9.17) is 38.9 Å². The van der Waals surface area contributed by atoms with Gasteiger partial charge in [0, 0.05) is 12.2 Å². The van der Waals surface area contributed by atoms with E-state index in [0.29, 0.717) is 45.4 Å². The van der Waals surface area contributed by atoms with E-state index in [1.807, 2.05) is 0 Å². The van der Waals surface area contributed by atoms with E-state index < -0.39 is 11.9 Å². The second kappa shape index (κ2) is 22.1. The van der Waals surface area contributed by atoms with Crippen LogP contribution in [0.15, 0.2) is 130 Å². The highest BCUT2D eigenvalue weighted by molar-refractivity contribution is 5.91. The highest BCUT2D eigenvalue weighted by Gasteiger charge is 2.03. The lowest BCUT2D eigenvalue weighted by Crippen LogP contribution is -2.14. The molecule has 0 unspecified atom stereocenters. The van der Waals surface area contributed by atoms with Gasteiger partial charge in [-0.05, 0) is 97.1 Å². The molecule has 4 aromatic carbocycles. The van der Waals surface area contributed by atoms with Gasteiger partial charge in [0.1, 0.15) is 37.9 Å². The molecule has 14 heteroatoms. The number of hydrogen-bond acceptors (Lipinski definition) is 14. The topological polar surface area (TPSA) is 187 Å². The number of nitrogens with zero attached hydrogens (tertiary/aromatic N) is 6. The van der Waals surface area contributed by atoms with Crippen LogP contribution >= 0.6 is 0 Å². The number of carbonyl (C=O) groups is 2. The number of carbonyl (C=O) groups excluding carboxylic acids is 2. The van der Waals surface area contributed by atoms with Crippen molar-refractivity contribution in [2.24, 2.45) is 20.5 Å². The van der Waals surface area contributed by atoms with E-state index in [2.05, 4.69) is 32.6 Å². The third-order valence-electron chi connectivity index (χ3n) is 6.52. The Kier molecular flexibility index (Phi) is 16.2. The molecule has 0 aliphatic heterocycles. The van der Waals surface area contributed by atoms with E-state index in [0.717, 1.165) is 12.2 Å². The maximum Gasteiger partial charge on any atom is 0.331 e. The molecule has 0 spiro atoms. The number of benzene rings is 4. The zero-order valence-electron chi connectivity index (χ0n) is 28.0. The summed E-state index contributed by atoms with van der Waals surface area (Å²) in [4.78, 5) is 23.6. The molecule has 0 aromatic heterocycles. The molecule has 0 bridgehead atoms. The minimum Gasteiger partial charge on any atom is -0.491 e. The van der Waals surface area contributed by atoms with Gasteiger partial charge in [-0.25, -0.2) is 9.59 Å². The molecule has 0 radical (unpaired) electrons. The molecule has 0 saturated carbocycles. The number of hydrogen-bond donors (Lipinski definition) is 0. The Morgan fingerprint density at radius 1 is 0.462 bits per heavy atom. The van der Waals surface area contributed by atoms with Crippen LogP contribution in [0.4, 0.5) is 22.7 Å². The Balaban J connectivity index is 0.960. The van der Waals surface area contributed by atoms with E-state index in [-0.39, 0.29) is 52.9 Å². The summed E-state index contributed by atoms with van der Waals surface area (Å²) in [5.74, 6) is -0.148. The summed E-state index contributed by atoms with van der Waals surface area (Å²) < 4.78 is 32.0. The average molecular weight is 703 g/mol. The fourth-order valence-electron chi connectivity index (χ4n) is 3.93. The summed E-state index contributed by atoms with van der Waals surface area (Å²) >= 11 is 0. The van der Waals surface area contributed by atoms with Crippen molar-refractivity contribution in [3.05, 3.63) is 120 Å². The molecule has 52 heavy (non-hydrogen) atoms. The molecule has 0 aliphatic rings. The van der Waals surface area contributed by atoms with Crippen LogP contribution in [0.25, 0.3) is 0 Å². The van der Waals surface area contributed by atoms with Gasteiger partial charge < -0.3 is 28.4 Å². The van der Waals surface area contributed by atoms with E-state index >= 15 is 0 Å². The number of azo groups is 2. The second-order valence-corrected chi connectivity index (χ2v) is 10.3. The van der Waals surface area contributed by atoms with Crippen LogP contribution in [0.2, 0.25) is 0 Å². The number of ether oxygens (including phenoxy) is 6. The summed E-state index contributed by atoms with van der Waals surface area (Å²) in [5.41, 5.74) is 3.68. The normalized spacial score (nSPS) is 11.0. The first-order valence-corrected chi connectivity index (χ1v) is 16.0. The van der Waals surface area contributed by atoms with Crippen LogP contribution in [-0.4, -0.2) is 64.8 Å². The van der Waals surface area contributed by atoms with Gasteiger partial charge >= 0.3 is 11.9 Å². The van der Waals surface area contributed by atoms with Gasteiger partial charge in [-0.2, -0.15) is 31.0 Å². The Morgan fingerprint density at radius 3 is 1.10 bits per heavy atom. The summed E-state index contributed by atoms with van der Waals surface area (Å²) in [5, 5.41) is 34.3. The Hall–Kier alpha value is -6.74. The molecule has 0 amide bonds. The molecule has 0 fully saturated rings. The van der Waals surface area contributed by atoms with Crippen LogP contribution in [0, 0.1) is 22.7 Å². The fraction of sp³-hybridized carbons (Fsp3) is 0.211. The van der Waals surface area contributed by atoms with Gasteiger partial charge in [0.25, 0.3) is 0 Å². The summed E-state index contributed by atoms with van der Waals surface area (Å²) in [7, 11) is 0. The van der Waals surface area contributed by atoms with Gasteiger partial charge in [-0.3, -0.25) is 0 Å². The molecule has 0 heterocycles. The highest BCUT2D eigenvalue weighted by Crippen LogP contribution is 2.23. The first-order chi connectivity index (χ1) is 25.5. The van der Waals surface area contributed by atoms with Crippen LogP contribution in [-0.2, 0) is 28.5 Å². The average Bonchev–Trinajstić information content (AvgIpc) is 3.19. The summed E-state index contributed by atoms with van der Waals surface area (Å²) in [6.45, 7) is 1.44. The van der Waals surface area contributed by atoms with Crippen molar-refractivity contribution in [3.63, 3.8) is 0 Å². The molecular formula is C38H34N6O8. The quantitative estimate of drug-likeness (QED) is 0.0389. The molecule has 14 nitrogen and oxygen atoms in total. The maximum atomic E-state index is 11.8. The minimum atomic E-state index is -0.705. The van der Waals surface area contributed by atoms with Crippen molar-refractivity contribution < 1.29 is 38.0 Å². The molecule has 0 aliphatic carbocycles. The summed E-state index contributed by atoms with van der Waals surface area (Å²) in [6.07, 6.45) is 1.96. The molecule has 0 atom stereocenters. The van der Waals surface area contributed by atoms with Crippen LogP contribution in [0.3, 0.4) is 0 Å². The Labute approximate surface area is 300 Å². The lowest BCUT2D eigenvalue weighted by molar-refractivity contribution is -0.142. The smallest absolute Gasteiger partial charge is 0.331 e. The second-order valence-electron chi connectivity index (χ2n) is 10.3.